The van der Waals surface area contributed by atoms with Gasteiger partial charge in [0.2, 0.25) is 0 Å². The predicted molar refractivity (Wildman–Crippen MR) is 77.5 cm³/mol. The molecular weight excluding hydrogens is 222 g/mol. The quantitative estimate of drug-likeness (QED) is 0.866. The number of hydrogen-bond acceptors (Lipinski definition) is 2. The molecule has 0 spiro atoms. The summed E-state index contributed by atoms with van der Waals surface area (Å²) in [5.41, 5.74) is 1.69. The Morgan fingerprint density at radius 2 is 1.83 bits per heavy atom. The summed E-state index contributed by atoms with van der Waals surface area (Å²) in [7, 11) is 0. The molecular formula is C15H29N3. The van der Waals surface area contributed by atoms with Crippen molar-refractivity contribution in [1.82, 2.24) is 15.1 Å². The van der Waals surface area contributed by atoms with E-state index in [1.165, 1.54) is 12.8 Å². The minimum absolute atomic E-state index is 0.149. The van der Waals surface area contributed by atoms with Crippen LogP contribution in [0.4, 0.5) is 0 Å². The van der Waals surface area contributed by atoms with Crippen LogP contribution in [0.25, 0.3) is 0 Å². The van der Waals surface area contributed by atoms with E-state index in [2.05, 4.69) is 68.9 Å². The monoisotopic (exact) mass is 251 g/mol. The Morgan fingerprint density at radius 3 is 2.39 bits per heavy atom. The topological polar surface area (TPSA) is 29.9 Å². The third-order valence-electron chi connectivity index (χ3n) is 2.81. The lowest BCUT2D eigenvalue weighted by Gasteiger charge is -2.19. The number of aromatic nitrogens is 2. The fraction of sp³-hybridized carbons (Fsp3) is 0.800. The smallest absolute Gasteiger partial charge is 0.0762 e. The fourth-order valence-corrected chi connectivity index (χ4v) is 1.75. The van der Waals surface area contributed by atoms with E-state index in [-0.39, 0.29) is 5.54 Å². The van der Waals surface area contributed by atoms with Crippen LogP contribution in [-0.4, -0.2) is 15.3 Å². The summed E-state index contributed by atoms with van der Waals surface area (Å²) in [6.45, 7) is 15.2. The van der Waals surface area contributed by atoms with Crippen LogP contribution in [0.15, 0.2) is 12.3 Å². The van der Waals surface area contributed by atoms with Crippen molar-refractivity contribution in [2.24, 2.45) is 5.41 Å². The van der Waals surface area contributed by atoms with Gasteiger partial charge >= 0.3 is 0 Å². The molecule has 0 atom stereocenters. The summed E-state index contributed by atoms with van der Waals surface area (Å²) in [5, 5.41) is 8.04. The largest absolute Gasteiger partial charge is 0.306 e. The van der Waals surface area contributed by atoms with Crippen LogP contribution in [-0.2, 0) is 13.1 Å². The molecule has 1 aromatic heterocycles. The minimum Gasteiger partial charge on any atom is -0.306 e. The summed E-state index contributed by atoms with van der Waals surface area (Å²) in [5.74, 6) is 0. The van der Waals surface area contributed by atoms with E-state index >= 15 is 0 Å². The molecule has 3 heteroatoms. The average molecular weight is 251 g/mol. The molecule has 3 nitrogen and oxygen atoms in total. The van der Waals surface area contributed by atoms with E-state index in [4.69, 9.17) is 0 Å². The van der Waals surface area contributed by atoms with Crippen molar-refractivity contribution in [3.63, 3.8) is 0 Å². The highest BCUT2D eigenvalue weighted by molar-refractivity contribution is 4.99. The molecule has 0 saturated carbocycles. The number of rotatable bonds is 5. The molecule has 0 fully saturated rings. The van der Waals surface area contributed by atoms with Gasteiger partial charge in [0.15, 0.2) is 0 Å². The number of hydrogen-bond donors (Lipinski definition) is 1. The molecule has 0 aromatic carbocycles. The number of nitrogens with one attached hydrogen (secondary N) is 1. The predicted octanol–water partition coefficient (Wildman–Crippen LogP) is 3.60. The molecule has 1 heterocycles. The zero-order valence-corrected chi connectivity index (χ0v) is 12.9. The van der Waals surface area contributed by atoms with E-state index in [1.807, 2.05) is 0 Å². The first-order valence-electron chi connectivity index (χ1n) is 6.93. The Bertz CT molecular complexity index is 353. The molecule has 0 amide bonds. The lowest BCUT2D eigenvalue weighted by molar-refractivity contribution is 0.348. The molecule has 0 saturated heterocycles. The lowest BCUT2D eigenvalue weighted by atomic mass is 9.91. The van der Waals surface area contributed by atoms with Gasteiger partial charge in [0.05, 0.1) is 5.69 Å². The highest BCUT2D eigenvalue weighted by Gasteiger charge is 2.11. The van der Waals surface area contributed by atoms with Gasteiger partial charge in [-0.2, -0.15) is 5.10 Å². The maximum Gasteiger partial charge on any atom is 0.0762 e. The molecule has 1 N–H and O–H groups in total. The molecule has 1 rings (SSSR count). The summed E-state index contributed by atoms with van der Waals surface area (Å²) in [4.78, 5) is 0. The van der Waals surface area contributed by atoms with Crippen LogP contribution >= 0.6 is 0 Å². The van der Waals surface area contributed by atoms with Crippen molar-refractivity contribution in [3.05, 3.63) is 18.0 Å². The molecule has 0 bridgehead atoms. The molecule has 104 valence electrons. The molecule has 0 aliphatic rings. The molecule has 18 heavy (non-hydrogen) atoms. The first-order valence-corrected chi connectivity index (χ1v) is 6.93. The number of aryl methyl sites for hydroxylation is 1. The van der Waals surface area contributed by atoms with Crippen LogP contribution in [0.3, 0.4) is 0 Å². The van der Waals surface area contributed by atoms with Gasteiger partial charge in [-0.05, 0) is 45.1 Å². The second-order valence-corrected chi connectivity index (χ2v) is 7.34. The highest BCUT2D eigenvalue weighted by atomic mass is 15.3. The minimum atomic E-state index is 0.149. The third-order valence-corrected chi connectivity index (χ3v) is 2.81. The van der Waals surface area contributed by atoms with Crippen molar-refractivity contribution in [2.45, 2.75) is 73.0 Å². The van der Waals surface area contributed by atoms with Gasteiger partial charge in [0.25, 0.3) is 0 Å². The van der Waals surface area contributed by atoms with Crippen LogP contribution in [0.5, 0.6) is 0 Å². The molecule has 0 aliphatic heterocycles. The maximum absolute atomic E-state index is 4.59. The van der Waals surface area contributed by atoms with E-state index in [0.717, 1.165) is 18.8 Å². The number of nitrogens with zero attached hydrogens (tertiary/aromatic N) is 2. The Labute approximate surface area is 112 Å². The van der Waals surface area contributed by atoms with Gasteiger partial charge in [-0.25, -0.2) is 0 Å². The normalized spacial score (nSPS) is 13.0. The fourth-order valence-electron chi connectivity index (χ4n) is 1.75. The van der Waals surface area contributed by atoms with Crippen molar-refractivity contribution < 1.29 is 0 Å². The summed E-state index contributed by atoms with van der Waals surface area (Å²) < 4.78 is 2.06. The SMILES string of the molecule is CC(C)(C)CCCn1ccc(CNC(C)(C)C)n1. The van der Waals surface area contributed by atoms with Gasteiger partial charge in [-0.1, -0.05) is 20.8 Å². The van der Waals surface area contributed by atoms with Crippen molar-refractivity contribution in [3.8, 4) is 0 Å². The summed E-state index contributed by atoms with van der Waals surface area (Å²) >= 11 is 0. The van der Waals surface area contributed by atoms with Crippen molar-refractivity contribution >= 4 is 0 Å². The summed E-state index contributed by atoms with van der Waals surface area (Å²) in [6, 6.07) is 2.11. The Kier molecular flexibility index (Phi) is 4.97. The van der Waals surface area contributed by atoms with Crippen LogP contribution in [0.1, 0.15) is 60.1 Å². The Hall–Kier alpha value is -0.830. The van der Waals surface area contributed by atoms with E-state index < -0.39 is 0 Å². The van der Waals surface area contributed by atoms with Crippen molar-refractivity contribution in [1.29, 1.82) is 0 Å². The van der Waals surface area contributed by atoms with Crippen LogP contribution in [0.2, 0.25) is 0 Å². The lowest BCUT2D eigenvalue weighted by Crippen LogP contribution is -2.35. The zero-order chi connectivity index (χ0) is 13.8. The zero-order valence-electron chi connectivity index (χ0n) is 12.9. The second-order valence-electron chi connectivity index (χ2n) is 7.34. The second kappa shape index (κ2) is 5.87. The highest BCUT2D eigenvalue weighted by Crippen LogP contribution is 2.20. The Balaban J connectivity index is 2.35. The van der Waals surface area contributed by atoms with E-state index in [0.29, 0.717) is 5.41 Å². The Morgan fingerprint density at radius 1 is 1.17 bits per heavy atom. The first-order chi connectivity index (χ1) is 8.16. The average Bonchev–Trinajstić information content (AvgIpc) is 2.60. The van der Waals surface area contributed by atoms with Crippen LogP contribution < -0.4 is 5.32 Å². The van der Waals surface area contributed by atoms with Crippen LogP contribution in [0, 0.1) is 5.41 Å². The van der Waals surface area contributed by atoms with Gasteiger partial charge in [0.1, 0.15) is 0 Å². The van der Waals surface area contributed by atoms with Gasteiger partial charge in [-0.15, -0.1) is 0 Å². The first kappa shape index (κ1) is 15.2. The maximum atomic E-state index is 4.59. The van der Waals surface area contributed by atoms with Crippen molar-refractivity contribution in [2.75, 3.05) is 0 Å². The van der Waals surface area contributed by atoms with Gasteiger partial charge in [-0.3, -0.25) is 4.68 Å². The summed E-state index contributed by atoms with van der Waals surface area (Å²) in [6.07, 6.45) is 4.52. The molecule has 0 aliphatic carbocycles. The van der Waals surface area contributed by atoms with Gasteiger partial charge < -0.3 is 5.32 Å². The van der Waals surface area contributed by atoms with E-state index in [9.17, 15) is 0 Å². The standard InChI is InChI=1S/C15H29N3/c1-14(2,3)9-7-10-18-11-8-13(17-18)12-16-15(4,5)6/h8,11,16H,7,9-10,12H2,1-6H3. The van der Waals surface area contributed by atoms with E-state index in [1.54, 1.807) is 0 Å². The third kappa shape index (κ3) is 6.80. The molecule has 0 radical (unpaired) electrons. The van der Waals surface area contributed by atoms with Gasteiger partial charge in [0, 0.05) is 24.8 Å². The molecule has 1 aromatic rings. The molecule has 0 unspecified atom stereocenters.